The van der Waals surface area contributed by atoms with Crippen LogP contribution in [0.2, 0.25) is 0 Å². The SMILES string of the molecule is COc1ccc([C@H]2C(C#N)=C(SCC(=O)N3c4ccccc4C[C@@H]3C)NC3=C2C(=O)CC(C)(C)C3)cc1. The Morgan fingerprint density at radius 1 is 1.19 bits per heavy atom. The molecule has 0 saturated carbocycles. The zero-order valence-corrected chi connectivity index (χ0v) is 22.4. The summed E-state index contributed by atoms with van der Waals surface area (Å²) < 4.78 is 5.32. The molecule has 1 N–H and O–H groups in total. The molecule has 1 amide bonds. The monoisotopic (exact) mass is 513 g/mol. The first-order chi connectivity index (χ1) is 17.7. The Morgan fingerprint density at radius 3 is 2.62 bits per heavy atom. The van der Waals surface area contributed by atoms with Crippen LogP contribution in [0.5, 0.6) is 5.75 Å². The number of para-hydroxylation sites is 1. The number of rotatable bonds is 5. The Morgan fingerprint density at radius 2 is 1.92 bits per heavy atom. The first kappa shape index (κ1) is 25.2. The summed E-state index contributed by atoms with van der Waals surface area (Å²) in [6.07, 6.45) is 1.98. The molecule has 0 unspecified atom stereocenters. The van der Waals surface area contributed by atoms with Gasteiger partial charge in [0.15, 0.2) is 5.78 Å². The molecule has 2 aliphatic heterocycles. The zero-order chi connectivity index (χ0) is 26.3. The van der Waals surface area contributed by atoms with Crippen LogP contribution in [0.25, 0.3) is 0 Å². The summed E-state index contributed by atoms with van der Waals surface area (Å²) in [7, 11) is 1.61. The lowest BCUT2D eigenvalue weighted by atomic mass is 9.69. The molecule has 2 atom stereocenters. The first-order valence-electron chi connectivity index (χ1n) is 12.6. The number of hydrogen-bond donors (Lipinski definition) is 1. The minimum atomic E-state index is -0.472. The topological polar surface area (TPSA) is 82.4 Å². The van der Waals surface area contributed by atoms with E-state index >= 15 is 0 Å². The van der Waals surface area contributed by atoms with Crippen LogP contribution in [0.3, 0.4) is 0 Å². The molecular weight excluding hydrogens is 482 g/mol. The Balaban J connectivity index is 1.48. The van der Waals surface area contributed by atoms with Gasteiger partial charge in [-0.15, -0.1) is 0 Å². The number of ketones is 1. The molecule has 0 saturated heterocycles. The number of carbonyl (C=O) groups excluding carboxylic acids is 2. The van der Waals surface area contributed by atoms with Crippen LogP contribution < -0.4 is 15.0 Å². The van der Waals surface area contributed by atoms with E-state index in [2.05, 4.69) is 38.2 Å². The molecule has 7 heteroatoms. The average Bonchev–Trinajstić information content (AvgIpc) is 3.21. The van der Waals surface area contributed by atoms with Gasteiger partial charge in [-0.2, -0.15) is 5.26 Å². The summed E-state index contributed by atoms with van der Waals surface area (Å²) in [4.78, 5) is 28.7. The molecule has 190 valence electrons. The number of ether oxygens (including phenoxy) is 1. The summed E-state index contributed by atoms with van der Waals surface area (Å²) in [5, 5.41) is 14.4. The zero-order valence-electron chi connectivity index (χ0n) is 21.6. The number of benzene rings is 2. The lowest BCUT2D eigenvalue weighted by Crippen LogP contribution is -2.38. The Bertz CT molecular complexity index is 1370. The van der Waals surface area contributed by atoms with E-state index in [4.69, 9.17) is 4.74 Å². The smallest absolute Gasteiger partial charge is 0.237 e. The van der Waals surface area contributed by atoms with E-state index in [0.29, 0.717) is 34.8 Å². The number of nitriles is 1. The van der Waals surface area contributed by atoms with Crippen molar-refractivity contribution in [2.24, 2.45) is 5.41 Å². The van der Waals surface area contributed by atoms with E-state index in [9.17, 15) is 14.9 Å². The molecule has 2 aromatic rings. The van der Waals surface area contributed by atoms with Crippen molar-refractivity contribution in [3.63, 3.8) is 0 Å². The molecule has 2 aromatic carbocycles. The number of fused-ring (bicyclic) bond motifs is 1. The van der Waals surface area contributed by atoms with Gasteiger partial charge in [0.2, 0.25) is 5.91 Å². The van der Waals surface area contributed by atoms with Gasteiger partial charge < -0.3 is 15.0 Å². The van der Waals surface area contributed by atoms with Crippen molar-refractivity contribution in [2.45, 2.75) is 52.0 Å². The molecule has 0 aromatic heterocycles. The number of allylic oxidation sites excluding steroid dienone is 3. The van der Waals surface area contributed by atoms with Crippen LogP contribution in [0.15, 0.2) is 70.4 Å². The number of carbonyl (C=O) groups is 2. The van der Waals surface area contributed by atoms with E-state index in [1.165, 1.54) is 17.3 Å². The molecule has 1 aliphatic carbocycles. The van der Waals surface area contributed by atoms with Gasteiger partial charge in [0.05, 0.1) is 35.5 Å². The van der Waals surface area contributed by atoms with Gasteiger partial charge in [0.25, 0.3) is 0 Å². The van der Waals surface area contributed by atoms with Crippen molar-refractivity contribution in [1.29, 1.82) is 5.26 Å². The molecular formula is C30H31N3O3S. The van der Waals surface area contributed by atoms with E-state index in [1.54, 1.807) is 7.11 Å². The van der Waals surface area contributed by atoms with Crippen molar-refractivity contribution in [2.75, 3.05) is 17.8 Å². The molecule has 0 spiro atoms. The highest BCUT2D eigenvalue weighted by Gasteiger charge is 2.42. The highest BCUT2D eigenvalue weighted by atomic mass is 32.2. The quantitative estimate of drug-likeness (QED) is 0.571. The normalized spacial score (nSPS) is 22.2. The Kier molecular flexibility index (Phi) is 6.63. The van der Waals surface area contributed by atoms with Crippen molar-refractivity contribution in [3.8, 4) is 11.8 Å². The van der Waals surface area contributed by atoms with Crippen LogP contribution in [0.4, 0.5) is 5.69 Å². The molecule has 5 rings (SSSR count). The molecule has 2 heterocycles. The van der Waals surface area contributed by atoms with Crippen LogP contribution in [-0.2, 0) is 16.0 Å². The Labute approximate surface area is 222 Å². The maximum Gasteiger partial charge on any atom is 0.237 e. The first-order valence-corrected chi connectivity index (χ1v) is 13.5. The second kappa shape index (κ2) is 9.75. The minimum absolute atomic E-state index is 0.00913. The molecule has 6 nitrogen and oxygen atoms in total. The molecule has 3 aliphatic rings. The van der Waals surface area contributed by atoms with Gasteiger partial charge in [0, 0.05) is 29.4 Å². The highest BCUT2D eigenvalue weighted by molar-refractivity contribution is 8.03. The number of dihydropyridines is 1. The van der Waals surface area contributed by atoms with E-state index < -0.39 is 5.92 Å². The van der Waals surface area contributed by atoms with E-state index in [0.717, 1.165) is 23.4 Å². The van der Waals surface area contributed by atoms with E-state index in [-0.39, 0.29) is 28.9 Å². The number of amides is 1. The van der Waals surface area contributed by atoms with Crippen LogP contribution >= 0.6 is 11.8 Å². The van der Waals surface area contributed by atoms with Gasteiger partial charge in [-0.25, -0.2) is 0 Å². The number of hydrogen-bond acceptors (Lipinski definition) is 6. The third-order valence-electron chi connectivity index (χ3n) is 7.39. The van der Waals surface area contributed by atoms with Crippen molar-refractivity contribution in [3.05, 3.63) is 81.5 Å². The third-order valence-corrected chi connectivity index (χ3v) is 8.39. The van der Waals surface area contributed by atoms with Gasteiger partial charge in [0.1, 0.15) is 5.75 Å². The molecule has 0 bridgehead atoms. The average molecular weight is 514 g/mol. The number of thioether (sulfide) groups is 1. The number of nitrogens with zero attached hydrogens (tertiary/aromatic N) is 2. The van der Waals surface area contributed by atoms with Crippen molar-refractivity contribution >= 4 is 29.1 Å². The number of methoxy groups -OCH3 is 1. The predicted octanol–water partition coefficient (Wildman–Crippen LogP) is 5.47. The van der Waals surface area contributed by atoms with Gasteiger partial charge >= 0.3 is 0 Å². The second-order valence-electron chi connectivity index (χ2n) is 10.8. The number of nitrogens with one attached hydrogen (secondary N) is 1. The predicted molar refractivity (Wildman–Crippen MR) is 146 cm³/mol. The van der Waals surface area contributed by atoms with Crippen molar-refractivity contribution < 1.29 is 14.3 Å². The largest absolute Gasteiger partial charge is 0.497 e. The minimum Gasteiger partial charge on any atom is -0.497 e. The van der Waals surface area contributed by atoms with Crippen LogP contribution in [-0.4, -0.2) is 30.6 Å². The summed E-state index contributed by atoms with van der Waals surface area (Å²) in [5.74, 6) is 0.511. The lowest BCUT2D eigenvalue weighted by Gasteiger charge is -2.39. The van der Waals surface area contributed by atoms with Crippen LogP contribution in [0.1, 0.15) is 50.7 Å². The van der Waals surface area contributed by atoms with Gasteiger partial charge in [-0.1, -0.05) is 55.9 Å². The lowest BCUT2D eigenvalue weighted by molar-refractivity contribution is -0.118. The summed E-state index contributed by atoms with van der Waals surface area (Å²) in [6, 6.07) is 18.0. The molecule has 37 heavy (non-hydrogen) atoms. The fraction of sp³-hybridized carbons (Fsp3) is 0.367. The second-order valence-corrected chi connectivity index (χ2v) is 11.7. The summed E-state index contributed by atoms with van der Waals surface area (Å²) >= 11 is 1.35. The fourth-order valence-corrected chi connectivity index (χ4v) is 6.69. The van der Waals surface area contributed by atoms with Crippen LogP contribution in [0, 0.1) is 16.7 Å². The number of anilines is 1. The molecule has 0 fully saturated rings. The van der Waals surface area contributed by atoms with Gasteiger partial charge in [-0.3, -0.25) is 9.59 Å². The summed E-state index contributed by atoms with van der Waals surface area (Å²) in [5.41, 5.74) is 4.83. The standard InChI is InChI=1S/C30H31N3O3S/c1-18-13-20-7-5-6-8-24(20)33(18)26(35)17-37-29-22(16-31)27(19-9-11-21(36-4)12-10-19)28-23(32-29)14-30(2,3)15-25(28)34/h5-12,18,27,32H,13-15,17H2,1-4H3/t18-,27-/m0/s1. The maximum atomic E-state index is 13.4. The highest BCUT2D eigenvalue weighted by Crippen LogP contribution is 2.48. The van der Waals surface area contributed by atoms with Crippen molar-refractivity contribution in [1.82, 2.24) is 5.32 Å². The van der Waals surface area contributed by atoms with Gasteiger partial charge in [-0.05, 0) is 54.5 Å². The maximum absolute atomic E-state index is 13.4. The van der Waals surface area contributed by atoms with E-state index in [1.807, 2.05) is 47.4 Å². The molecule has 0 radical (unpaired) electrons. The fourth-order valence-electron chi connectivity index (χ4n) is 5.77. The third kappa shape index (κ3) is 4.67. The number of Topliss-reactive ketones (excluding diaryl/α,β-unsaturated/α-hetero) is 1. The summed E-state index contributed by atoms with van der Waals surface area (Å²) in [6.45, 7) is 6.24. The Hall–Kier alpha value is -3.50.